The minimum absolute atomic E-state index is 0.165. The molecule has 0 spiro atoms. The van der Waals surface area contributed by atoms with Crippen molar-refractivity contribution in [1.29, 1.82) is 0 Å². The predicted molar refractivity (Wildman–Crippen MR) is 67.4 cm³/mol. The molecule has 0 unspecified atom stereocenters. The van der Waals surface area contributed by atoms with Crippen LogP contribution in [0.4, 0.5) is 5.82 Å². The molecule has 0 atom stereocenters. The minimum Gasteiger partial charge on any atom is -0.369 e. The summed E-state index contributed by atoms with van der Waals surface area (Å²) in [5.74, 6) is 4.83. The van der Waals surface area contributed by atoms with Crippen molar-refractivity contribution in [3.05, 3.63) is 23.9 Å². The number of rotatable bonds is 5. The number of nitrogens with two attached hydrogens (primary N) is 2. The summed E-state index contributed by atoms with van der Waals surface area (Å²) in [6.07, 6.45) is 1.39. The third kappa shape index (κ3) is 3.42. The van der Waals surface area contributed by atoms with Crippen molar-refractivity contribution in [2.45, 2.75) is 13.8 Å². The van der Waals surface area contributed by atoms with Gasteiger partial charge in [0.1, 0.15) is 5.82 Å². The number of carbonyl (C=O) groups excluding carboxylic acids is 2. The van der Waals surface area contributed by atoms with Gasteiger partial charge < -0.3 is 16.5 Å². The van der Waals surface area contributed by atoms with Crippen LogP contribution in [0.2, 0.25) is 0 Å². The van der Waals surface area contributed by atoms with Crippen molar-refractivity contribution < 1.29 is 9.59 Å². The number of nitrogens with zero attached hydrogens (tertiary/aromatic N) is 1. The number of aromatic nitrogens is 1. The second-order valence-corrected chi connectivity index (χ2v) is 4.51. The maximum Gasteiger partial charge on any atom is 0.252 e. The Kier molecular flexibility index (Phi) is 4.22. The van der Waals surface area contributed by atoms with Crippen LogP contribution in [0.25, 0.3) is 0 Å². The van der Waals surface area contributed by atoms with Crippen molar-refractivity contribution >= 4 is 17.6 Å². The fourth-order valence-corrected chi connectivity index (χ4v) is 1.10. The van der Waals surface area contributed by atoms with E-state index >= 15 is 0 Å². The molecular formula is C11H17N5O2. The smallest absolute Gasteiger partial charge is 0.252 e. The standard InChI is InChI=1S/C11H17N5O2/c1-11(2,10(12)18)6-15-9(17)7-3-4-8(16-13)14-5-7/h3-5H,6,13H2,1-2H3,(H2,12,18)(H,14,16)(H,15,17). The predicted octanol–water partition coefficient (Wildman–Crippen LogP) is -0.391. The van der Waals surface area contributed by atoms with E-state index in [-0.39, 0.29) is 12.5 Å². The molecule has 0 aliphatic heterocycles. The Bertz CT molecular complexity index is 441. The van der Waals surface area contributed by atoms with Gasteiger partial charge >= 0.3 is 0 Å². The van der Waals surface area contributed by atoms with E-state index < -0.39 is 11.3 Å². The first-order valence-corrected chi connectivity index (χ1v) is 5.37. The largest absolute Gasteiger partial charge is 0.369 e. The maximum atomic E-state index is 11.8. The third-order valence-electron chi connectivity index (χ3n) is 2.53. The molecule has 7 heteroatoms. The molecule has 2 amide bonds. The zero-order valence-electron chi connectivity index (χ0n) is 10.4. The molecule has 0 aliphatic carbocycles. The molecule has 1 aromatic heterocycles. The highest BCUT2D eigenvalue weighted by Crippen LogP contribution is 2.12. The van der Waals surface area contributed by atoms with Gasteiger partial charge in [-0.2, -0.15) is 0 Å². The van der Waals surface area contributed by atoms with Crippen LogP contribution in [0.3, 0.4) is 0 Å². The number of amides is 2. The first-order valence-electron chi connectivity index (χ1n) is 5.37. The van der Waals surface area contributed by atoms with Gasteiger partial charge in [0.15, 0.2) is 0 Å². The summed E-state index contributed by atoms with van der Waals surface area (Å²) < 4.78 is 0. The van der Waals surface area contributed by atoms with Crippen LogP contribution in [-0.2, 0) is 4.79 Å². The highest BCUT2D eigenvalue weighted by atomic mass is 16.2. The fraction of sp³-hybridized carbons (Fsp3) is 0.364. The van der Waals surface area contributed by atoms with E-state index in [0.29, 0.717) is 11.4 Å². The quantitative estimate of drug-likeness (QED) is 0.419. The SMILES string of the molecule is CC(C)(CNC(=O)c1ccc(NN)nc1)C(N)=O. The van der Waals surface area contributed by atoms with Gasteiger partial charge in [-0.1, -0.05) is 0 Å². The first kappa shape index (κ1) is 13.9. The van der Waals surface area contributed by atoms with E-state index in [9.17, 15) is 9.59 Å². The Morgan fingerprint density at radius 1 is 1.39 bits per heavy atom. The van der Waals surface area contributed by atoms with Gasteiger partial charge in [0.2, 0.25) is 5.91 Å². The molecule has 0 aliphatic rings. The van der Waals surface area contributed by atoms with Gasteiger partial charge in [0, 0.05) is 12.7 Å². The van der Waals surface area contributed by atoms with Crippen LogP contribution in [0, 0.1) is 5.41 Å². The van der Waals surface area contributed by atoms with Crippen molar-refractivity contribution in [3.8, 4) is 0 Å². The van der Waals surface area contributed by atoms with Gasteiger partial charge in [-0.15, -0.1) is 0 Å². The number of pyridine rings is 1. The van der Waals surface area contributed by atoms with E-state index in [2.05, 4.69) is 15.7 Å². The molecule has 0 aromatic carbocycles. The molecule has 98 valence electrons. The van der Waals surface area contributed by atoms with Crippen LogP contribution in [-0.4, -0.2) is 23.3 Å². The van der Waals surface area contributed by atoms with Crippen LogP contribution in [0.5, 0.6) is 0 Å². The highest BCUT2D eigenvalue weighted by Gasteiger charge is 2.25. The number of hydrogen-bond donors (Lipinski definition) is 4. The van der Waals surface area contributed by atoms with E-state index in [1.807, 2.05) is 0 Å². The molecule has 0 fully saturated rings. The summed E-state index contributed by atoms with van der Waals surface area (Å²) in [7, 11) is 0. The molecule has 1 aromatic rings. The number of anilines is 1. The lowest BCUT2D eigenvalue weighted by Crippen LogP contribution is -2.42. The lowest BCUT2D eigenvalue weighted by molar-refractivity contribution is -0.125. The molecule has 7 nitrogen and oxygen atoms in total. The minimum atomic E-state index is -0.790. The molecule has 0 radical (unpaired) electrons. The normalized spacial score (nSPS) is 10.8. The summed E-state index contributed by atoms with van der Waals surface area (Å²) in [4.78, 5) is 26.8. The fourth-order valence-electron chi connectivity index (χ4n) is 1.10. The Morgan fingerprint density at radius 3 is 2.50 bits per heavy atom. The lowest BCUT2D eigenvalue weighted by atomic mass is 9.93. The summed E-state index contributed by atoms with van der Waals surface area (Å²) in [6.45, 7) is 3.49. The summed E-state index contributed by atoms with van der Waals surface area (Å²) >= 11 is 0. The molecule has 1 rings (SSSR count). The van der Waals surface area contributed by atoms with Crippen LogP contribution >= 0.6 is 0 Å². The van der Waals surface area contributed by atoms with Gasteiger partial charge in [0.25, 0.3) is 5.91 Å². The zero-order chi connectivity index (χ0) is 13.8. The van der Waals surface area contributed by atoms with Crippen LogP contribution in [0.1, 0.15) is 24.2 Å². The van der Waals surface area contributed by atoms with Crippen molar-refractivity contribution in [3.63, 3.8) is 0 Å². The van der Waals surface area contributed by atoms with Crippen molar-refractivity contribution in [2.24, 2.45) is 17.0 Å². The Labute approximate surface area is 105 Å². The number of nitrogens with one attached hydrogen (secondary N) is 2. The number of carbonyl (C=O) groups is 2. The first-order chi connectivity index (χ1) is 8.36. The maximum absolute atomic E-state index is 11.8. The number of primary amides is 1. The highest BCUT2D eigenvalue weighted by molar-refractivity contribution is 5.94. The second kappa shape index (κ2) is 5.46. The number of hydrazine groups is 1. The topological polar surface area (TPSA) is 123 Å². The van der Waals surface area contributed by atoms with E-state index in [4.69, 9.17) is 11.6 Å². The molecule has 6 N–H and O–H groups in total. The van der Waals surface area contributed by atoms with E-state index in [0.717, 1.165) is 0 Å². The molecule has 0 saturated heterocycles. The Hall–Kier alpha value is -2.15. The van der Waals surface area contributed by atoms with Crippen LogP contribution in [0.15, 0.2) is 18.3 Å². The molecule has 1 heterocycles. The second-order valence-electron chi connectivity index (χ2n) is 4.51. The third-order valence-corrected chi connectivity index (χ3v) is 2.53. The van der Waals surface area contributed by atoms with Gasteiger partial charge in [-0.25, -0.2) is 10.8 Å². The van der Waals surface area contributed by atoms with E-state index in [1.54, 1.807) is 26.0 Å². The summed E-state index contributed by atoms with van der Waals surface area (Å²) in [5, 5.41) is 2.63. The lowest BCUT2D eigenvalue weighted by Gasteiger charge is -2.20. The average Bonchev–Trinajstić information content (AvgIpc) is 2.36. The monoisotopic (exact) mass is 251 g/mol. The van der Waals surface area contributed by atoms with Gasteiger partial charge in [0.05, 0.1) is 11.0 Å². The molecule has 0 bridgehead atoms. The summed E-state index contributed by atoms with van der Waals surface area (Å²) in [6, 6.07) is 3.16. The molecule has 18 heavy (non-hydrogen) atoms. The number of hydrogen-bond acceptors (Lipinski definition) is 5. The Morgan fingerprint density at radius 2 is 2.06 bits per heavy atom. The van der Waals surface area contributed by atoms with E-state index in [1.165, 1.54) is 6.20 Å². The Balaban J connectivity index is 2.63. The van der Waals surface area contributed by atoms with Crippen molar-refractivity contribution in [2.75, 3.05) is 12.0 Å². The number of nitrogen functional groups attached to an aromatic ring is 1. The zero-order valence-corrected chi connectivity index (χ0v) is 10.4. The van der Waals surface area contributed by atoms with Gasteiger partial charge in [-0.05, 0) is 26.0 Å². The molecule has 0 saturated carbocycles. The average molecular weight is 251 g/mol. The molecular weight excluding hydrogens is 234 g/mol. The van der Waals surface area contributed by atoms with Gasteiger partial charge in [-0.3, -0.25) is 9.59 Å². The van der Waals surface area contributed by atoms with Crippen molar-refractivity contribution in [1.82, 2.24) is 10.3 Å². The van der Waals surface area contributed by atoms with Crippen LogP contribution < -0.4 is 22.3 Å². The summed E-state index contributed by atoms with van der Waals surface area (Å²) in [5.41, 5.74) is 7.16.